The van der Waals surface area contributed by atoms with Gasteiger partial charge >= 0.3 is 0 Å². The number of aliphatic hydroxyl groups excluding tert-OH is 1. The first-order valence-electron chi connectivity index (χ1n) is 6.74. The third kappa shape index (κ3) is 2.31. The van der Waals surface area contributed by atoms with Crippen LogP contribution >= 0.6 is 0 Å². The molecule has 3 rings (SSSR count). The number of fused-ring (bicyclic) bond motifs is 1. The van der Waals surface area contributed by atoms with Crippen molar-refractivity contribution >= 4 is 5.78 Å². The van der Waals surface area contributed by atoms with Crippen LogP contribution in [0.1, 0.15) is 22.0 Å². The Kier molecular flexibility index (Phi) is 3.49. The molecule has 0 amide bonds. The zero-order valence-electron chi connectivity index (χ0n) is 12.1. The van der Waals surface area contributed by atoms with E-state index < -0.39 is 23.7 Å². The lowest BCUT2D eigenvalue weighted by Gasteiger charge is -2.30. The molecule has 4 N–H and O–H groups in total. The Labute approximate surface area is 131 Å². The van der Waals surface area contributed by atoms with Crippen LogP contribution in [0.2, 0.25) is 0 Å². The fourth-order valence-corrected chi connectivity index (χ4v) is 2.52. The molecule has 2 aromatic rings. The molecule has 2 aromatic carbocycles. The molecule has 1 aliphatic heterocycles. The lowest BCUT2D eigenvalue weighted by atomic mass is 9.93. The molecule has 7 heteroatoms. The minimum atomic E-state index is -1.50. The van der Waals surface area contributed by atoms with Crippen molar-refractivity contribution in [2.45, 2.75) is 12.2 Å². The van der Waals surface area contributed by atoms with Gasteiger partial charge in [0.1, 0.15) is 0 Å². The van der Waals surface area contributed by atoms with Crippen LogP contribution in [0.5, 0.6) is 28.7 Å². The second kappa shape index (κ2) is 5.36. The maximum Gasteiger partial charge on any atom is 0.203 e. The van der Waals surface area contributed by atoms with E-state index in [0.29, 0.717) is 0 Å². The van der Waals surface area contributed by atoms with Crippen LogP contribution in [0.25, 0.3) is 0 Å². The lowest BCUT2D eigenvalue weighted by molar-refractivity contribution is 0.0202. The average molecular weight is 318 g/mol. The third-order valence-electron chi connectivity index (χ3n) is 3.69. The Morgan fingerprint density at radius 1 is 1.04 bits per heavy atom. The normalized spacial score (nSPS) is 19.8. The van der Waals surface area contributed by atoms with Gasteiger partial charge in [-0.25, -0.2) is 0 Å². The Morgan fingerprint density at radius 3 is 2.39 bits per heavy atom. The van der Waals surface area contributed by atoms with E-state index in [4.69, 9.17) is 9.47 Å². The quantitative estimate of drug-likeness (QED) is 0.620. The van der Waals surface area contributed by atoms with Crippen molar-refractivity contribution in [3.05, 3.63) is 41.5 Å². The summed E-state index contributed by atoms with van der Waals surface area (Å²) in [7, 11) is 1.32. The zero-order chi connectivity index (χ0) is 16.7. The summed E-state index contributed by atoms with van der Waals surface area (Å²) in [5.74, 6) is -1.54. The van der Waals surface area contributed by atoms with Gasteiger partial charge in [0.15, 0.2) is 41.0 Å². The SMILES string of the molecule is COc1c(O)ccc2c1O[C@H](c1ccc(O)c(O)c1)[C@@H](O)C2=O. The molecule has 0 fully saturated rings. The number of hydrogen-bond donors (Lipinski definition) is 4. The number of hydrogen-bond acceptors (Lipinski definition) is 7. The molecule has 0 saturated carbocycles. The van der Waals surface area contributed by atoms with E-state index >= 15 is 0 Å². The summed E-state index contributed by atoms with van der Waals surface area (Å²) in [4.78, 5) is 12.4. The number of phenolic OH excluding ortho intramolecular Hbond substituents is 3. The molecular formula is C16H14O7. The van der Waals surface area contributed by atoms with E-state index in [1.165, 1.54) is 37.4 Å². The first kappa shape index (κ1) is 15.0. The summed E-state index contributed by atoms with van der Waals surface area (Å²) in [6, 6.07) is 6.44. The van der Waals surface area contributed by atoms with Gasteiger partial charge in [-0.3, -0.25) is 4.79 Å². The molecule has 0 bridgehead atoms. The molecule has 0 unspecified atom stereocenters. The van der Waals surface area contributed by atoms with Crippen LogP contribution < -0.4 is 9.47 Å². The Balaban J connectivity index is 2.11. The smallest absolute Gasteiger partial charge is 0.203 e. The first-order chi connectivity index (χ1) is 10.9. The molecular weight excluding hydrogens is 304 g/mol. The predicted molar refractivity (Wildman–Crippen MR) is 78.1 cm³/mol. The largest absolute Gasteiger partial charge is 0.504 e. The highest BCUT2D eigenvalue weighted by Gasteiger charge is 2.39. The van der Waals surface area contributed by atoms with Crippen LogP contribution in [0, 0.1) is 0 Å². The molecule has 0 radical (unpaired) electrons. The average Bonchev–Trinajstić information content (AvgIpc) is 2.53. The minimum absolute atomic E-state index is 0.0142. The Bertz CT molecular complexity index is 784. The standard InChI is InChI=1S/C16H14O7/c1-22-16-10(18)5-3-8-12(20)13(21)14(23-15(8)16)7-2-4-9(17)11(19)6-7/h2-6,13-14,17-19,21H,1H3/t13-,14+/m0/s1. The van der Waals surface area contributed by atoms with E-state index in [1.807, 2.05) is 0 Å². The summed E-state index contributed by atoms with van der Waals surface area (Å²) >= 11 is 0. The number of rotatable bonds is 2. The van der Waals surface area contributed by atoms with Crippen molar-refractivity contribution < 1.29 is 34.7 Å². The molecule has 0 aliphatic carbocycles. The predicted octanol–water partition coefficient (Wildman–Crippen LogP) is 1.49. The number of ketones is 1. The van der Waals surface area contributed by atoms with Crippen molar-refractivity contribution in [2.75, 3.05) is 7.11 Å². The first-order valence-corrected chi connectivity index (χ1v) is 6.74. The van der Waals surface area contributed by atoms with E-state index in [2.05, 4.69) is 0 Å². The maximum absolute atomic E-state index is 12.4. The van der Waals surface area contributed by atoms with Gasteiger partial charge in [0, 0.05) is 0 Å². The lowest BCUT2D eigenvalue weighted by Crippen LogP contribution is -2.36. The summed E-state index contributed by atoms with van der Waals surface area (Å²) < 4.78 is 10.7. The number of ether oxygens (including phenoxy) is 2. The molecule has 0 spiro atoms. The summed E-state index contributed by atoms with van der Waals surface area (Å²) in [6.07, 6.45) is -2.61. The molecule has 0 saturated heterocycles. The number of carbonyl (C=O) groups is 1. The number of methoxy groups -OCH3 is 1. The summed E-state index contributed by atoms with van der Waals surface area (Å²) in [5.41, 5.74) is 0.378. The van der Waals surface area contributed by atoms with Crippen LogP contribution in [0.15, 0.2) is 30.3 Å². The Hall–Kier alpha value is -2.93. The number of Topliss-reactive ketones (excluding diaryl/α,β-unsaturated/α-hetero) is 1. The number of aliphatic hydroxyl groups is 1. The Morgan fingerprint density at radius 2 is 1.74 bits per heavy atom. The number of carbonyl (C=O) groups excluding carboxylic acids is 1. The summed E-state index contributed by atoms with van der Waals surface area (Å²) in [5, 5.41) is 39.0. The molecule has 7 nitrogen and oxygen atoms in total. The second-order valence-electron chi connectivity index (χ2n) is 5.09. The van der Waals surface area contributed by atoms with Crippen molar-refractivity contribution in [1.82, 2.24) is 0 Å². The highest BCUT2D eigenvalue weighted by atomic mass is 16.5. The third-order valence-corrected chi connectivity index (χ3v) is 3.69. The molecule has 2 atom stereocenters. The van der Waals surface area contributed by atoms with Gasteiger partial charge in [0.25, 0.3) is 0 Å². The number of benzene rings is 2. The molecule has 0 aromatic heterocycles. The summed E-state index contributed by atoms with van der Waals surface area (Å²) in [6.45, 7) is 0. The van der Waals surface area contributed by atoms with Crippen LogP contribution in [-0.2, 0) is 0 Å². The van der Waals surface area contributed by atoms with E-state index in [-0.39, 0.29) is 34.1 Å². The molecule has 120 valence electrons. The zero-order valence-corrected chi connectivity index (χ0v) is 12.1. The maximum atomic E-state index is 12.4. The number of aromatic hydroxyl groups is 3. The van der Waals surface area contributed by atoms with Gasteiger partial charge in [-0.1, -0.05) is 6.07 Å². The van der Waals surface area contributed by atoms with E-state index in [9.17, 15) is 25.2 Å². The highest BCUT2D eigenvalue weighted by Crippen LogP contribution is 2.46. The molecule has 1 heterocycles. The van der Waals surface area contributed by atoms with Crippen LogP contribution in [-0.4, -0.2) is 39.4 Å². The molecule has 1 aliphatic rings. The van der Waals surface area contributed by atoms with E-state index in [0.717, 1.165) is 0 Å². The van der Waals surface area contributed by atoms with Gasteiger partial charge in [-0.05, 0) is 29.8 Å². The molecule has 23 heavy (non-hydrogen) atoms. The van der Waals surface area contributed by atoms with Gasteiger partial charge < -0.3 is 29.9 Å². The van der Waals surface area contributed by atoms with Crippen LogP contribution in [0.3, 0.4) is 0 Å². The van der Waals surface area contributed by atoms with Crippen molar-refractivity contribution in [3.63, 3.8) is 0 Å². The van der Waals surface area contributed by atoms with Crippen molar-refractivity contribution in [2.24, 2.45) is 0 Å². The number of phenols is 3. The second-order valence-corrected chi connectivity index (χ2v) is 5.09. The highest BCUT2D eigenvalue weighted by molar-refractivity contribution is 6.04. The van der Waals surface area contributed by atoms with E-state index in [1.54, 1.807) is 0 Å². The fraction of sp³-hybridized carbons (Fsp3) is 0.188. The monoisotopic (exact) mass is 318 g/mol. The topological polar surface area (TPSA) is 116 Å². The van der Waals surface area contributed by atoms with Crippen LogP contribution in [0.4, 0.5) is 0 Å². The fourth-order valence-electron chi connectivity index (χ4n) is 2.52. The van der Waals surface area contributed by atoms with Gasteiger partial charge in [0.05, 0.1) is 12.7 Å². The van der Waals surface area contributed by atoms with Crippen molar-refractivity contribution in [3.8, 4) is 28.7 Å². The van der Waals surface area contributed by atoms with Crippen molar-refractivity contribution in [1.29, 1.82) is 0 Å². The van der Waals surface area contributed by atoms with Gasteiger partial charge in [-0.2, -0.15) is 0 Å². The minimum Gasteiger partial charge on any atom is -0.504 e. The van der Waals surface area contributed by atoms with Gasteiger partial charge in [-0.15, -0.1) is 0 Å². The van der Waals surface area contributed by atoms with Gasteiger partial charge in [0.2, 0.25) is 5.75 Å².